The van der Waals surface area contributed by atoms with Gasteiger partial charge in [0.05, 0.1) is 5.69 Å². The van der Waals surface area contributed by atoms with Crippen molar-refractivity contribution in [3.05, 3.63) is 129 Å². The normalized spacial score (nSPS) is 12.1. The molecule has 0 aliphatic heterocycles. The van der Waals surface area contributed by atoms with Crippen molar-refractivity contribution in [1.82, 2.24) is 0 Å². The molecule has 0 heterocycles. The largest absolute Gasteiger partial charge is 0.370 e. The zero-order valence-corrected chi connectivity index (χ0v) is 21.2. The SMILES string of the molecule is O=C(C(=Nc1ccc(Br)cc1)[C@@H](Nc1ccc(Br)cc1)C(=O)c1ccccc1)c1ccccc1. The highest BCUT2D eigenvalue weighted by atomic mass is 79.9. The van der Waals surface area contributed by atoms with Gasteiger partial charge in [-0.1, -0.05) is 92.5 Å². The molecule has 0 radical (unpaired) electrons. The summed E-state index contributed by atoms with van der Waals surface area (Å²) in [6, 6.07) is 31.5. The summed E-state index contributed by atoms with van der Waals surface area (Å²) in [6.45, 7) is 0. The molecule has 0 aromatic heterocycles. The van der Waals surface area contributed by atoms with Gasteiger partial charge >= 0.3 is 0 Å². The molecule has 0 saturated carbocycles. The minimum Gasteiger partial charge on any atom is -0.370 e. The van der Waals surface area contributed by atoms with Crippen LogP contribution >= 0.6 is 31.9 Å². The van der Waals surface area contributed by atoms with Crippen LogP contribution in [0.2, 0.25) is 0 Å². The predicted molar refractivity (Wildman–Crippen MR) is 144 cm³/mol. The van der Waals surface area contributed by atoms with Crippen molar-refractivity contribution in [3.8, 4) is 0 Å². The van der Waals surface area contributed by atoms with Crippen molar-refractivity contribution in [2.24, 2.45) is 4.99 Å². The summed E-state index contributed by atoms with van der Waals surface area (Å²) >= 11 is 6.86. The molecule has 34 heavy (non-hydrogen) atoms. The van der Waals surface area contributed by atoms with Gasteiger partial charge in [0.15, 0.2) is 5.78 Å². The Morgan fingerprint density at radius 3 is 1.71 bits per heavy atom. The Morgan fingerprint density at radius 2 is 1.15 bits per heavy atom. The Morgan fingerprint density at radius 1 is 0.647 bits per heavy atom. The molecule has 0 unspecified atom stereocenters. The van der Waals surface area contributed by atoms with Crippen LogP contribution in [0.4, 0.5) is 11.4 Å². The highest BCUT2D eigenvalue weighted by Gasteiger charge is 2.31. The highest BCUT2D eigenvalue weighted by molar-refractivity contribution is 9.10. The predicted octanol–water partition coefficient (Wildman–Crippen LogP) is 7.53. The van der Waals surface area contributed by atoms with Crippen LogP contribution < -0.4 is 5.32 Å². The van der Waals surface area contributed by atoms with Gasteiger partial charge in [-0.25, -0.2) is 4.99 Å². The molecular weight excluding hydrogens is 556 g/mol. The van der Waals surface area contributed by atoms with Gasteiger partial charge in [0.25, 0.3) is 0 Å². The standard InChI is InChI=1S/C28H20Br2N2O2/c29-21-11-15-23(16-12-21)31-25(27(33)19-7-3-1-4-8-19)26(28(34)20-9-5-2-6-10-20)32-24-17-13-22(30)14-18-24/h1-18,25,31H/t25-/m1/s1. The van der Waals surface area contributed by atoms with Crippen LogP contribution in [-0.4, -0.2) is 23.3 Å². The van der Waals surface area contributed by atoms with Crippen molar-refractivity contribution >= 4 is 60.5 Å². The van der Waals surface area contributed by atoms with E-state index in [9.17, 15) is 9.59 Å². The fraction of sp³-hybridized carbons (Fsp3) is 0.0357. The third kappa shape index (κ3) is 5.95. The number of aliphatic imine (C=N–C) groups is 1. The van der Waals surface area contributed by atoms with Crippen molar-refractivity contribution in [3.63, 3.8) is 0 Å². The lowest BCUT2D eigenvalue weighted by molar-refractivity contribution is 0.0975. The fourth-order valence-electron chi connectivity index (χ4n) is 3.38. The molecule has 4 aromatic carbocycles. The van der Waals surface area contributed by atoms with E-state index < -0.39 is 6.04 Å². The topological polar surface area (TPSA) is 58.5 Å². The molecule has 0 spiro atoms. The Balaban J connectivity index is 1.85. The molecule has 4 nitrogen and oxygen atoms in total. The molecule has 0 fully saturated rings. The van der Waals surface area contributed by atoms with Crippen LogP contribution in [0.5, 0.6) is 0 Å². The number of carbonyl (C=O) groups excluding carboxylic acids is 2. The lowest BCUT2D eigenvalue weighted by Crippen LogP contribution is -2.42. The monoisotopic (exact) mass is 574 g/mol. The fourth-order valence-corrected chi connectivity index (χ4v) is 3.91. The summed E-state index contributed by atoms with van der Waals surface area (Å²) in [4.78, 5) is 32.1. The van der Waals surface area contributed by atoms with Crippen LogP contribution in [0.15, 0.2) is 123 Å². The summed E-state index contributed by atoms with van der Waals surface area (Å²) in [5.74, 6) is -0.564. The second kappa shape index (κ2) is 11.2. The summed E-state index contributed by atoms with van der Waals surface area (Å²) in [7, 11) is 0. The van der Waals surface area contributed by atoms with E-state index >= 15 is 0 Å². The Bertz CT molecular complexity index is 1300. The maximum Gasteiger partial charge on any atom is 0.209 e. The Kier molecular flexibility index (Phi) is 7.83. The number of halogens is 2. The number of carbonyl (C=O) groups is 2. The first-order valence-corrected chi connectivity index (χ1v) is 12.1. The minimum atomic E-state index is -1.00. The first-order valence-electron chi connectivity index (χ1n) is 10.6. The lowest BCUT2D eigenvalue weighted by atomic mass is 9.94. The third-order valence-corrected chi connectivity index (χ3v) is 6.15. The van der Waals surface area contributed by atoms with Crippen LogP contribution in [0.1, 0.15) is 20.7 Å². The Labute approximate surface area is 215 Å². The number of hydrogen-bond acceptors (Lipinski definition) is 4. The smallest absolute Gasteiger partial charge is 0.209 e. The summed E-state index contributed by atoms with van der Waals surface area (Å²) < 4.78 is 1.81. The molecule has 1 N–H and O–H groups in total. The number of nitrogens with one attached hydrogen (secondary N) is 1. The van der Waals surface area contributed by atoms with E-state index in [0.29, 0.717) is 22.5 Å². The van der Waals surface area contributed by atoms with E-state index in [2.05, 4.69) is 37.2 Å². The van der Waals surface area contributed by atoms with Crippen molar-refractivity contribution in [1.29, 1.82) is 0 Å². The van der Waals surface area contributed by atoms with Gasteiger partial charge in [0.1, 0.15) is 11.8 Å². The van der Waals surface area contributed by atoms with Crippen molar-refractivity contribution in [2.75, 3.05) is 5.32 Å². The molecule has 0 aliphatic carbocycles. The number of benzene rings is 4. The van der Waals surface area contributed by atoms with Crippen LogP contribution in [-0.2, 0) is 0 Å². The lowest BCUT2D eigenvalue weighted by Gasteiger charge is -2.21. The second-order valence-electron chi connectivity index (χ2n) is 7.48. The van der Waals surface area contributed by atoms with Crippen LogP contribution in [0, 0.1) is 0 Å². The van der Waals surface area contributed by atoms with Gasteiger partial charge in [0.2, 0.25) is 5.78 Å². The zero-order valence-electron chi connectivity index (χ0n) is 18.0. The highest BCUT2D eigenvalue weighted by Crippen LogP contribution is 2.22. The van der Waals surface area contributed by atoms with E-state index in [0.717, 1.165) is 8.95 Å². The zero-order chi connectivity index (χ0) is 23.9. The number of ketones is 2. The van der Waals surface area contributed by atoms with Gasteiger partial charge in [0, 0.05) is 25.8 Å². The summed E-state index contributed by atoms with van der Waals surface area (Å²) in [5, 5.41) is 3.26. The minimum absolute atomic E-state index is 0.116. The summed E-state index contributed by atoms with van der Waals surface area (Å²) in [5.41, 5.74) is 2.33. The number of anilines is 1. The van der Waals surface area contributed by atoms with Gasteiger partial charge in [-0.05, 0) is 48.5 Å². The molecular formula is C28H20Br2N2O2. The number of hydrogen-bond donors (Lipinski definition) is 1. The molecule has 6 heteroatoms. The number of Topliss-reactive ketones (excluding diaryl/α,β-unsaturated/α-hetero) is 2. The molecule has 168 valence electrons. The van der Waals surface area contributed by atoms with Crippen LogP contribution in [0.3, 0.4) is 0 Å². The average molecular weight is 576 g/mol. The first-order chi connectivity index (χ1) is 16.5. The first kappa shape index (κ1) is 23.8. The molecule has 0 amide bonds. The second-order valence-corrected chi connectivity index (χ2v) is 9.31. The maximum atomic E-state index is 13.7. The molecule has 0 saturated heterocycles. The third-order valence-electron chi connectivity index (χ3n) is 5.09. The number of nitrogens with zero attached hydrogens (tertiary/aromatic N) is 1. The number of rotatable bonds is 8. The molecule has 0 aliphatic rings. The quantitative estimate of drug-likeness (QED) is 0.174. The van der Waals surface area contributed by atoms with Crippen molar-refractivity contribution in [2.45, 2.75) is 6.04 Å². The van der Waals surface area contributed by atoms with Gasteiger partial charge in [-0.2, -0.15) is 0 Å². The van der Waals surface area contributed by atoms with E-state index in [-0.39, 0.29) is 17.3 Å². The van der Waals surface area contributed by atoms with Crippen molar-refractivity contribution < 1.29 is 9.59 Å². The van der Waals surface area contributed by atoms with Crippen LogP contribution in [0.25, 0.3) is 0 Å². The molecule has 4 rings (SSSR count). The van der Waals surface area contributed by atoms with Gasteiger partial charge in [-0.3, -0.25) is 9.59 Å². The molecule has 1 atom stereocenters. The molecule has 0 bridgehead atoms. The van der Waals surface area contributed by atoms with E-state index in [1.54, 1.807) is 60.7 Å². The van der Waals surface area contributed by atoms with Gasteiger partial charge in [-0.15, -0.1) is 0 Å². The van der Waals surface area contributed by atoms with E-state index in [4.69, 9.17) is 4.99 Å². The van der Waals surface area contributed by atoms with Gasteiger partial charge < -0.3 is 5.32 Å². The Hall–Kier alpha value is -3.35. The van der Waals surface area contributed by atoms with E-state index in [1.165, 1.54) is 0 Å². The molecule has 4 aromatic rings. The van der Waals surface area contributed by atoms with E-state index in [1.807, 2.05) is 48.5 Å². The average Bonchev–Trinajstić information content (AvgIpc) is 2.88. The maximum absolute atomic E-state index is 13.7. The summed E-state index contributed by atoms with van der Waals surface area (Å²) in [6.07, 6.45) is 0.